The molecule has 164 valence electrons. The van der Waals surface area contributed by atoms with E-state index in [9.17, 15) is 4.79 Å². The van der Waals surface area contributed by atoms with E-state index < -0.39 is 0 Å². The molecule has 0 saturated carbocycles. The zero-order chi connectivity index (χ0) is 22.5. The van der Waals surface area contributed by atoms with Gasteiger partial charge in [0.05, 0.1) is 16.2 Å². The van der Waals surface area contributed by atoms with E-state index >= 15 is 0 Å². The molecule has 32 heavy (non-hydrogen) atoms. The highest BCUT2D eigenvalue weighted by Crippen LogP contribution is 2.20. The van der Waals surface area contributed by atoms with Gasteiger partial charge in [-0.15, -0.1) is 0 Å². The van der Waals surface area contributed by atoms with Crippen molar-refractivity contribution in [2.45, 2.75) is 6.61 Å². The van der Waals surface area contributed by atoms with E-state index in [1.54, 1.807) is 35.2 Å². The Hall–Kier alpha value is -3.42. The molecular formula is C24H23ClN4O3. The molecule has 0 unspecified atom stereocenters. The van der Waals surface area contributed by atoms with Gasteiger partial charge in [0, 0.05) is 42.1 Å². The van der Waals surface area contributed by atoms with Crippen LogP contribution in [0.15, 0.2) is 71.8 Å². The van der Waals surface area contributed by atoms with E-state index in [4.69, 9.17) is 21.1 Å². The van der Waals surface area contributed by atoms with Crippen LogP contribution in [0.1, 0.15) is 5.69 Å². The van der Waals surface area contributed by atoms with Crippen LogP contribution in [0.25, 0.3) is 16.6 Å². The number of nitrogens with zero attached hydrogens (tertiary/aromatic N) is 4. The summed E-state index contributed by atoms with van der Waals surface area (Å²) in [5.74, 6) is 1.06. The summed E-state index contributed by atoms with van der Waals surface area (Å²) in [6.45, 7) is 1.64. The molecule has 0 aliphatic rings. The molecule has 0 atom stereocenters. The molecule has 0 amide bonds. The molecule has 0 saturated heterocycles. The van der Waals surface area contributed by atoms with E-state index in [1.807, 2.05) is 44.4 Å². The molecule has 0 aliphatic heterocycles. The number of fused-ring (bicyclic) bond motifs is 1. The molecular weight excluding hydrogens is 428 g/mol. The largest absolute Gasteiger partial charge is 0.487 e. The van der Waals surface area contributed by atoms with Gasteiger partial charge in [-0.05, 0) is 56.6 Å². The molecule has 3 heterocycles. The minimum absolute atomic E-state index is 0.192. The van der Waals surface area contributed by atoms with Crippen molar-refractivity contribution in [3.63, 3.8) is 0 Å². The lowest BCUT2D eigenvalue weighted by molar-refractivity contribution is 0.254. The summed E-state index contributed by atoms with van der Waals surface area (Å²) in [5.41, 5.74) is 2.09. The van der Waals surface area contributed by atoms with Crippen LogP contribution < -0.4 is 15.0 Å². The maximum absolute atomic E-state index is 12.7. The van der Waals surface area contributed by atoms with Crippen LogP contribution in [0.3, 0.4) is 0 Å². The third kappa shape index (κ3) is 5.43. The van der Waals surface area contributed by atoms with E-state index in [2.05, 4.69) is 14.9 Å². The van der Waals surface area contributed by atoms with Crippen LogP contribution in [-0.4, -0.2) is 46.7 Å². The van der Waals surface area contributed by atoms with Gasteiger partial charge < -0.3 is 14.4 Å². The van der Waals surface area contributed by atoms with Crippen molar-refractivity contribution in [3.05, 3.63) is 88.1 Å². The van der Waals surface area contributed by atoms with Gasteiger partial charge in [-0.3, -0.25) is 14.3 Å². The van der Waals surface area contributed by atoms with Gasteiger partial charge in [-0.1, -0.05) is 11.6 Å². The summed E-state index contributed by atoms with van der Waals surface area (Å²) in [4.78, 5) is 23.4. The predicted octanol–water partition coefficient (Wildman–Crippen LogP) is 3.95. The highest BCUT2D eigenvalue weighted by atomic mass is 35.5. The van der Waals surface area contributed by atoms with Gasteiger partial charge in [0.25, 0.3) is 5.56 Å². The number of aromatic nitrogens is 3. The second kappa shape index (κ2) is 9.80. The maximum Gasteiger partial charge on any atom is 0.258 e. The van der Waals surface area contributed by atoms with E-state index in [-0.39, 0.29) is 12.2 Å². The number of benzene rings is 1. The van der Waals surface area contributed by atoms with Crippen molar-refractivity contribution >= 4 is 22.5 Å². The SMILES string of the molecule is CN(C)CCOc1ccc2cc(-n3ccc(OCc4ccc(Cl)cn4)cc3=O)ccc2n1. The van der Waals surface area contributed by atoms with Gasteiger partial charge in [-0.25, -0.2) is 4.98 Å². The predicted molar refractivity (Wildman–Crippen MR) is 125 cm³/mol. The molecule has 1 aromatic carbocycles. The summed E-state index contributed by atoms with van der Waals surface area (Å²) < 4.78 is 13.0. The van der Waals surface area contributed by atoms with E-state index in [0.717, 1.165) is 28.8 Å². The highest BCUT2D eigenvalue weighted by molar-refractivity contribution is 6.30. The van der Waals surface area contributed by atoms with Gasteiger partial charge in [0.15, 0.2) is 0 Å². The maximum atomic E-state index is 12.7. The fraction of sp³-hybridized carbons (Fsp3) is 0.208. The van der Waals surface area contributed by atoms with Crippen LogP contribution in [0, 0.1) is 0 Å². The first kappa shape index (κ1) is 21.8. The number of likely N-dealkylation sites (N-methyl/N-ethyl adjacent to an activating group) is 1. The standard InChI is InChI=1S/C24H23ClN4O3/c1-28(2)11-12-31-23-8-3-17-13-20(6-7-22(17)27-23)29-10-9-21(14-24(29)30)32-16-19-5-4-18(25)15-26-19/h3-10,13-15H,11-12,16H2,1-2H3. The molecule has 0 bridgehead atoms. The summed E-state index contributed by atoms with van der Waals surface area (Å²) in [7, 11) is 3.99. The van der Waals surface area contributed by atoms with E-state index in [0.29, 0.717) is 23.3 Å². The van der Waals surface area contributed by atoms with Crippen LogP contribution in [0.2, 0.25) is 5.02 Å². The lowest BCUT2D eigenvalue weighted by atomic mass is 10.2. The summed E-state index contributed by atoms with van der Waals surface area (Å²) in [6, 6.07) is 16.2. The van der Waals surface area contributed by atoms with Crippen molar-refractivity contribution in [2.75, 3.05) is 27.2 Å². The Morgan fingerprint density at radius 3 is 2.66 bits per heavy atom. The van der Waals surface area contributed by atoms with E-state index in [1.165, 1.54) is 6.07 Å². The Labute approximate surface area is 190 Å². The molecule has 0 fully saturated rings. The van der Waals surface area contributed by atoms with Crippen molar-refractivity contribution in [1.82, 2.24) is 19.4 Å². The molecule has 3 aromatic heterocycles. The molecule has 8 heteroatoms. The lowest BCUT2D eigenvalue weighted by Gasteiger charge is -2.11. The number of pyridine rings is 3. The minimum atomic E-state index is -0.192. The zero-order valence-corrected chi connectivity index (χ0v) is 18.6. The number of hydrogen-bond donors (Lipinski definition) is 0. The Morgan fingerprint density at radius 1 is 1.03 bits per heavy atom. The molecule has 0 aliphatic carbocycles. The monoisotopic (exact) mass is 450 g/mol. The number of ether oxygens (including phenoxy) is 2. The summed E-state index contributed by atoms with van der Waals surface area (Å²) in [6.07, 6.45) is 3.26. The second-order valence-electron chi connectivity index (χ2n) is 7.51. The lowest BCUT2D eigenvalue weighted by Crippen LogP contribution is -2.19. The van der Waals surface area contributed by atoms with Crippen LogP contribution in [0.4, 0.5) is 0 Å². The molecule has 4 rings (SSSR count). The first-order valence-electron chi connectivity index (χ1n) is 10.1. The quantitative estimate of drug-likeness (QED) is 0.405. The normalized spacial score (nSPS) is 11.1. The summed E-state index contributed by atoms with van der Waals surface area (Å²) >= 11 is 5.84. The van der Waals surface area contributed by atoms with Crippen molar-refractivity contribution in [2.24, 2.45) is 0 Å². The van der Waals surface area contributed by atoms with Gasteiger partial charge in [0.2, 0.25) is 5.88 Å². The summed E-state index contributed by atoms with van der Waals surface area (Å²) in [5, 5.41) is 1.48. The van der Waals surface area contributed by atoms with Crippen molar-refractivity contribution < 1.29 is 9.47 Å². The Kier molecular flexibility index (Phi) is 6.68. The van der Waals surface area contributed by atoms with Crippen LogP contribution in [0.5, 0.6) is 11.6 Å². The van der Waals surface area contributed by atoms with Crippen LogP contribution >= 0.6 is 11.6 Å². The van der Waals surface area contributed by atoms with Gasteiger partial charge in [0.1, 0.15) is 19.0 Å². The number of rotatable bonds is 8. The Bertz CT molecular complexity index is 1270. The topological polar surface area (TPSA) is 69.5 Å². The smallest absolute Gasteiger partial charge is 0.258 e. The molecule has 4 aromatic rings. The second-order valence-corrected chi connectivity index (χ2v) is 7.94. The highest BCUT2D eigenvalue weighted by Gasteiger charge is 2.06. The van der Waals surface area contributed by atoms with Crippen molar-refractivity contribution in [1.29, 1.82) is 0 Å². The average molecular weight is 451 g/mol. The first-order chi connectivity index (χ1) is 15.5. The minimum Gasteiger partial charge on any atom is -0.487 e. The molecule has 7 nitrogen and oxygen atoms in total. The first-order valence-corrected chi connectivity index (χ1v) is 10.5. The molecule has 0 N–H and O–H groups in total. The number of hydrogen-bond acceptors (Lipinski definition) is 6. The zero-order valence-electron chi connectivity index (χ0n) is 17.9. The van der Waals surface area contributed by atoms with Crippen molar-refractivity contribution in [3.8, 4) is 17.3 Å². The number of halogens is 1. The Balaban J connectivity index is 1.48. The molecule has 0 spiro atoms. The van der Waals surface area contributed by atoms with Gasteiger partial charge in [-0.2, -0.15) is 0 Å². The van der Waals surface area contributed by atoms with Crippen LogP contribution in [-0.2, 0) is 6.61 Å². The fourth-order valence-electron chi connectivity index (χ4n) is 3.07. The average Bonchev–Trinajstić information content (AvgIpc) is 2.78. The molecule has 0 radical (unpaired) electrons. The third-order valence-corrected chi connectivity index (χ3v) is 5.00. The third-order valence-electron chi connectivity index (χ3n) is 4.78. The van der Waals surface area contributed by atoms with Gasteiger partial charge >= 0.3 is 0 Å². The fourth-order valence-corrected chi connectivity index (χ4v) is 3.18. The Morgan fingerprint density at radius 2 is 1.91 bits per heavy atom.